The Morgan fingerprint density at radius 3 is 2.63 bits per heavy atom. The number of aromatic nitrogens is 3. The molecular weight excluding hydrogens is 385 g/mol. The lowest BCUT2D eigenvalue weighted by Crippen LogP contribution is -2.31. The molecular formula is C22H22FN5O2. The van der Waals surface area contributed by atoms with Gasteiger partial charge in [0.05, 0.1) is 11.4 Å². The molecule has 4 rings (SSSR count). The van der Waals surface area contributed by atoms with E-state index in [2.05, 4.69) is 15.6 Å². The maximum Gasteiger partial charge on any atom is 0.273 e. The molecule has 2 heterocycles. The Balaban J connectivity index is 1.34. The van der Waals surface area contributed by atoms with Crippen molar-refractivity contribution in [3.63, 3.8) is 0 Å². The lowest BCUT2D eigenvalue weighted by atomic mass is 10.1. The highest BCUT2D eigenvalue weighted by Gasteiger charge is 2.30. The summed E-state index contributed by atoms with van der Waals surface area (Å²) in [6.07, 6.45) is 0.372. The molecule has 0 radical (unpaired) electrons. The molecule has 0 aliphatic carbocycles. The Hall–Kier alpha value is -3.55. The Labute approximate surface area is 173 Å². The van der Waals surface area contributed by atoms with Gasteiger partial charge in [-0.2, -0.15) is 0 Å². The maximum atomic E-state index is 13.0. The highest BCUT2D eigenvalue weighted by molar-refractivity contribution is 5.93. The smallest absolute Gasteiger partial charge is 0.273 e. The minimum Gasteiger partial charge on any atom is -0.350 e. The molecule has 1 atom stereocenters. The van der Waals surface area contributed by atoms with Gasteiger partial charge in [-0.05, 0) is 36.8 Å². The van der Waals surface area contributed by atoms with E-state index < -0.39 is 0 Å². The summed E-state index contributed by atoms with van der Waals surface area (Å²) < 4.78 is 14.7. The van der Waals surface area contributed by atoms with Crippen molar-refractivity contribution in [1.82, 2.24) is 25.2 Å². The number of nitrogens with one attached hydrogen (secondary N) is 1. The predicted octanol–water partition coefficient (Wildman–Crippen LogP) is 2.49. The van der Waals surface area contributed by atoms with Crippen LogP contribution in [-0.4, -0.2) is 44.8 Å². The number of carbonyl (C=O) groups excluding carboxylic acids is 2. The quantitative estimate of drug-likeness (QED) is 0.681. The Morgan fingerprint density at radius 1 is 1.17 bits per heavy atom. The van der Waals surface area contributed by atoms with Gasteiger partial charge in [0.25, 0.3) is 5.91 Å². The van der Waals surface area contributed by atoms with Gasteiger partial charge in [0.1, 0.15) is 5.82 Å². The van der Waals surface area contributed by atoms with Gasteiger partial charge in [-0.3, -0.25) is 9.59 Å². The van der Waals surface area contributed by atoms with Crippen LogP contribution >= 0.6 is 0 Å². The number of hydrogen-bond acceptors (Lipinski definition) is 4. The van der Waals surface area contributed by atoms with Crippen LogP contribution in [0.5, 0.6) is 0 Å². The van der Waals surface area contributed by atoms with Gasteiger partial charge < -0.3 is 10.2 Å². The normalized spacial score (nSPS) is 16.1. The summed E-state index contributed by atoms with van der Waals surface area (Å²) in [5.41, 5.74) is 2.63. The molecule has 1 saturated heterocycles. The fraction of sp³-hybridized carbons (Fsp3) is 0.273. The van der Waals surface area contributed by atoms with E-state index in [0.717, 1.165) is 11.3 Å². The molecule has 1 aliphatic rings. The summed E-state index contributed by atoms with van der Waals surface area (Å²) in [5.74, 6) is -0.554. The van der Waals surface area contributed by atoms with Gasteiger partial charge in [-0.1, -0.05) is 35.5 Å². The molecule has 1 fully saturated rings. The van der Waals surface area contributed by atoms with E-state index in [9.17, 15) is 14.0 Å². The maximum absolute atomic E-state index is 13.0. The van der Waals surface area contributed by atoms with Crippen molar-refractivity contribution < 1.29 is 14.0 Å². The lowest BCUT2D eigenvalue weighted by molar-refractivity contribution is -0.128. The van der Waals surface area contributed by atoms with E-state index in [1.54, 1.807) is 28.6 Å². The highest BCUT2D eigenvalue weighted by atomic mass is 19.1. The van der Waals surface area contributed by atoms with E-state index in [-0.39, 0.29) is 29.2 Å². The monoisotopic (exact) mass is 407 g/mol. The minimum atomic E-state index is -0.306. The van der Waals surface area contributed by atoms with Crippen LogP contribution in [0.4, 0.5) is 4.39 Å². The molecule has 1 N–H and O–H groups in total. The van der Waals surface area contributed by atoms with Gasteiger partial charge >= 0.3 is 0 Å². The summed E-state index contributed by atoms with van der Waals surface area (Å²) >= 11 is 0. The number of para-hydroxylation sites is 1. The van der Waals surface area contributed by atoms with Crippen molar-refractivity contribution in [2.24, 2.45) is 5.92 Å². The Kier molecular flexibility index (Phi) is 5.56. The number of halogens is 1. The molecule has 154 valence electrons. The number of benzene rings is 2. The lowest BCUT2D eigenvalue weighted by Gasteiger charge is -2.17. The van der Waals surface area contributed by atoms with Crippen LogP contribution in [0.3, 0.4) is 0 Å². The second-order valence-electron chi connectivity index (χ2n) is 7.45. The second-order valence-corrected chi connectivity index (χ2v) is 7.45. The van der Waals surface area contributed by atoms with Crippen molar-refractivity contribution in [1.29, 1.82) is 0 Å². The van der Waals surface area contributed by atoms with Gasteiger partial charge in [0, 0.05) is 32.0 Å². The average Bonchev–Trinajstić information content (AvgIpc) is 3.31. The number of likely N-dealkylation sites (tertiary alicyclic amines) is 1. The van der Waals surface area contributed by atoms with Crippen molar-refractivity contribution in [3.05, 3.63) is 77.4 Å². The molecule has 1 unspecified atom stereocenters. The van der Waals surface area contributed by atoms with Crippen LogP contribution in [0, 0.1) is 18.7 Å². The molecule has 1 aromatic heterocycles. The summed E-state index contributed by atoms with van der Waals surface area (Å²) in [6.45, 7) is 3.16. The molecule has 2 aromatic carbocycles. The number of rotatable bonds is 6. The Morgan fingerprint density at radius 2 is 1.90 bits per heavy atom. The third kappa shape index (κ3) is 4.22. The topological polar surface area (TPSA) is 80.1 Å². The first kappa shape index (κ1) is 19.8. The zero-order valence-corrected chi connectivity index (χ0v) is 16.6. The van der Waals surface area contributed by atoms with Crippen molar-refractivity contribution in [2.75, 3.05) is 13.1 Å². The largest absolute Gasteiger partial charge is 0.350 e. The minimum absolute atomic E-state index is 0.0198. The standard InChI is InChI=1S/C22H22FN5O2/c1-15-21(25-26-28(15)19-5-3-2-4-6-19)22(30)24-12-17-11-20(29)27(14-17)13-16-7-9-18(23)10-8-16/h2-10,17H,11-14H2,1H3,(H,24,30). The predicted molar refractivity (Wildman–Crippen MR) is 108 cm³/mol. The number of amides is 2. The number of carbonyl (C=O) groups is 2. The molecule has 7 nitrogen and oxygen atoms in total. The van der Waals surface area contributed by atoms with Gasteiger partial charge in [0.2, 0.25) is 5.91 Å². The second kappa shape index (κ2) is 8.44. The van der Waals surface area contributed by atoms with Crippen LogP contribution in [-0.2, 0) is 11.3 Å². The van der Waals surface area contributed by atoms with Crippen molar-refractivity contribution in [2.45, 2.75) is 19.9 Å². The van der Waals surface area contributed by atoms with Crippen molar-refractivity contribution >= 4 is 11.8 Å². The van der Waals surface area contributed by atoms with E-state index in [4.69, 9.17) is 0 Å². The molecule has 0 bridgehead atoms. The van der Waals surface area contributed by atoms with E-state index in [1.165, 1.54) is 12.1 Å². The summed E-state index contributed by atoms with van der Waals surface area (Å²) in [6, 6.07) is 15.6. The fourth-order valence-electron chi connectivity index (χ4n) is 3.63. The SMILES string of the molecule is Cc1c(C(=O)NCC2CC(=O)N(Cc3ccc(F)cc3)C2)nnn1-c1ccccc1. The van der Waals surface area contributed by atoms with Crippen LogP contribution in [0.2, 0.25) is 0 Å². The molecule has 2 amide bonds. The van der Waals surface area contributed by atoms with Gasteiger partial charge in [-0.15, -0.1) is 5.10 Å². The molecule has 0 spiro atoms. The summed E-state index contributed by atoms with van der Waals surface area (Å²) in [4.78, 5) is 26.6. The average molecular weight is 407 g/mol. The molecule has 1 aliphatic heterocycles. The first-order valence-corrected chi connectivity index (χ1v) is 9.79. The molecule has 0 saturated carbocycles. The zero-order valence-electron chi connectivity index (χ0n) is 16.6. The number of hydrogen-bond donors (Lipinski definition) is 1. The zero-order chi connectivity index (χ0) is 21.1. The van der Waals surface area contributed by atoms with E-state index >= 15 is 0 Å². The van der Waals surface area contributed by atoms with Gasteiger partial charge in [0.15, 0.2) is 5.69 Å². The van der Waals surface area contributed by atoms with Crippen LogP contribution in [0.25, 0.3) is 5.69 Å². The van der Waals surface area contributed by atoms with Crippen LogP contribution < -0.4 is 5.32 Å². The van der Waals surface area contributed by atoms with Gasteiger partial charge in [-0.25, -0.2) is 9.07 Å². The van der Waals surface area contributed by atoms with E-state index in [1.807, 2.05) is 30.3 Å². The van der Waals surface area contributed by atoms with E-state index in [0.29, 0.717) is 31.7 Å². The third-order valence-electron chi connectivity index (χ3n) is 5.24. The summed E-state index contributed by atoms with van der Waals surface area (Å²) in [7, 11) is 0. The van der Waals surface area contributed by atoms with Crippen molar-refractivity contribution in [3.8, 4) is 5.69 Å². The summed E-state index contributed by atoms with van der Waals surface area (Å²) in [5, 5.41) is 11.0. The van der Waals surface area contributed by atoms with Crippen LogP contribution in [0.15, 0.2) is 54.6 Å². The first-order chi connectivity index (χ1) is 14.5. The molecule has 8 heteroatoms. The first-order valence-electron chi connectivity index (χ1n) is 9.79. The fourth-order valence-corrected chi connectivity index (χ4v) is 3.63. The number of nitrogens with zero attached hydrogens (tertiary/aromatic N) is 4. The third-order valence-corrected chi connectivity index (χ3v) is 5.24. The van der Waals surface area contributed by atoms with Crippen LogP contribution in [0.1, 0.15) is 28.2 Å². The molecule has 30 heavy (non-hydrogen) atoms. The highest BCUT2D eigenvalue weighted by Crippen LogP contribution is 2.20. The molecule has 3 aromatic rings. The Bertz CT molecular complexity index is 1050.